The lowest BCUT2D eigenvalue weighted by atomic mass is 10.1. The van der Waals surface area contributed by atoms with E-state index in [1.165, 1.54) is 10.4 Å². The van der Waals surface area contributed by atoms with Gasteiger partial charge in [-0.05, 0) is 36.8 Å². The van der Waals surface area contributed by atoms with Crippen LogP contribution in [0.4, 0.5) is 0 Å². The van der Waals surface area contributed by atoms with Gasteiger partial charge in [0.15, 0.2) is 0 Å². The number of thiazole rings is 1. The highest BCUT2D eigenvalue weighted by Gasteiger charge is 2.03. The van der Waals surface area contributed by atoms with E-state index in [2.05, 4.69) is 17.1 Å². The zero-order valence-corrected chi connectivity index (χ0v) is 8.97. The third-order valence-corrected chi connectivity index (χ3v) is 3.08. The molecule has 0 unspecified atom stereocenters. The van der Waals surface area contributed by atoms with Crippen LogP contribution in [0.2, 0.25) is 0 Å². The molecule has 0 aliphatic heterocycles. The third kappa shape index (κ3) is 1.63. The normalized spacial score (nSPS) is 10.1. The SMILES string of the molecule is COc1ccc(-c2scnc2C)cc1. The van der Waals surface area contributed by atoms with Crippen molar-refractivity contribution in [1.82, 2.24) is 4.98 Å². The molecular weight excluding hydrogens is 194 g/mol. The Bertz CT molecular complexity index is 419. The Kier molecular flexibility index (Phi) is 2.50. The Hall–Kier alpha value is -1.35. The molecule has 0 spiro atoms. The zero-order chi connectivity index (χ0) is 9.97. The van der Waals surface area contributed by atoms with Gasteiger partial charge in [0.25, 0.3) is 0 Å². The van der Waals surface area contributed by atoms with E-state index in [1.54, 1.807) is 18.4 Å². The molecule has 3 heteroatoms. The van der Waals surface area contributed by atoms with Crippen molar-refractivity contribution < 1.29 is 4.74 Å². The predicted octanol–water partition coefficient (Wildman–Crippen LogP) is 3.13. The summed E-state index contributed by atoms with van der Waals surface area (Å²) in [6.45, 7) is 2.02. The summed E-state index contributed by atoms with van der Waals surface area (Å²) in [5.74, 6) is 0.885. The molecule has 0 aliphatic rings. The highest BCUT2D eigenvalue weighted by atomic mass is 32.1. The summed E-state index contributed by atoms with van der Waals surface area (Å²) in [5.41, 5.74) is 4.15. The Morgan fingerprint density at radius 2 is 1.93 bits per heavy atom. The first-order valence-electron chi connectivity index (χ1n) is 4.36. The molecule has 1 aromatic heterocycles. The fourth-order valence-corrected chi connectivity index (χ4v) is 2.13. The van der Waals surface area contributed by atoms with E-state index < -0.39 is 0 Å². The average Bonchev–Trinajstić information content (AvgIpc) is 2.65. The Balaban J connectivity index is 2.39. The Morgan fingerprint density at radius 1 is 1.21 bits per heavy atom. The van der Waals surface area contributed by atoms with Crippen LogP contribution < -0.4 is 4.74 Å². The Labute approximate surface area is 87.2 Å². The molecule has 0 aliphatic carbocycles. The van der Waals surface area contributed by atoms with Crippen molar-refractivity contribution in [3.05, 3.63) is 35.5 Å². The molecule has 0 fully saturated rings. The molecule has 1 aromatic carbocycles. The second-order valence-electron chi connectivity index (χ2n) is 3.00. The van der Waals surface area contributed by atoms with Crippen LogP contribution in [0.15, 0.2) is 29.8 Å². The maximum atomic E-state index is 5.10. The molecule has 0 atom stereocenters. The molecule has 14 heavy (non-hydrogen) atoms. The molecule has 0 amide bonds. The van der Waals surface area contributed by atoms with Crippen molar-refractivity contribution in [3.63, 3.8) is 0 Å². The number of hydrogen-bond acceptors (Lipinski definition) is 3. The number of methoxy groups -OCH3 is 1. The summed E-state index contributed by atoms with van der Waals surface area (Å²) in [5, 5.41) is 0. The summed E-state index contributed by atoms with van der Waals surface area (Å²) in [6, 6.07) is 8.04. The van der Waals surface area contributed by atoms with Gasteiger partial charge in [0, 0.05) is 0 Å². The lowest BCUT2D eigenvalue weighted by Crippen LogP contribution is -1.82. The predicted molar refractivity (Wildman–Crippen MR) is 58.8 cm³/mol. The van der Waals surface area contributed by atoms with E-state index in [0.29, 0.717) is 0 Å². The first-order valence-corrected chi connectivity index (χ1v) is 5.24. The van der Waals surface area contributed by atoms with E-state index in [-0.39, 0.29) is 0 Å². The maximum absolute atomic E-state index is 5.10. The summed E-state index contributed by atoms with van der Waals surface area (Å²) < 4.78 is 5.10. The molecule has 2 rings (SSSR count). The lowest BCUT2D eigenvalue weighted by Gasteiger charge is -2.01. The number of aromatic nitrogens is 1. The minimum atomic E-state index is 0.885. The van der Waals surface area contributed by atoms with Crippen LogP contribution in [0.25, 0.3) is 10.4 Å². The zero-order valence-electron chi connectivity index (χ0n) is 8.15. The number of hydrogen-bond donors (Lipinski definition) is 0. The summed E-state index contributed by atoms with van der Waals surface area (Å²) in [4.78, 5) is 5.45. The largest absolute Gasteiger partial charge is 0.497 e. The standard InChI is InChI=1S/C11H11NOS/c1-8-11(14-7-12-8)9-3-5-10(13-2)6-4-9/h3-7H,1-2H3. The Morgan fingerprint density at radius 3 is 2.43 bits per heavy atom. The summed E-state index contributed by atoms with van der Waals surface area (Å²) in [7, 11) is 1.67. The van der Waals surface area contributed by atoms with Gasteiger partial charge in [-0.3, -0.25) is 0 Å². The number of aryl methyl sites for hydroxylation is 1. The summed E-state index contributed by atoms with van der Waals surface area (Å²) in [6.07, 6.45) is 0. The van der Waals surface area contributed by atoms with Crippen molar-refractivity contribution >= 4 is 11.3 Å². The van der Waals surface area contributed by atoms with E-state index in [1.807, 2.05) is 24.6 Å². The van der Waals surface area contributed by atoms with Crippen LogP contribution in [0.1, 0.15) is 5.69 Å². The van der Waals surface area contributed by atoms with Crippen LogP contribution in [-0.2, 0) is 0 Å². The van der Waals surface area contributed by atoms with Gasteiger partial charge in [0.2, 0.25) is 0 Å². The molecule has 0 saturated carbocycles. The van der Waals surface area contributed by atoms with Gasteiger partial charge >= 0.3 is 0 Å². The molecular formula is C11H11NOS. The smallest absolute Gasteiger partial charge is 0.118 e. The fraction of sp³-hybridized carbons (Fsp3) is 0.182. The van der Waals surface area contributed by atoms with Crippen molar-refractivity contribution in [3.8, 4) is 16.2 Å². The number of rotatable bonds is 2. The quantitative estimate of drug-likeness (QED) is 0.751. The monoisotopic (exact) mass is 205 g/mol. The van der Waals surface area contributed by atoms with Gasteiger partial charge in [-0.15, -0.1) is 11.3 Å². The topological polar surface area (TPSA) is 22.1 Å². The molecule has 72 valence electrons. The number of benzene rings is 1. The van der Waals surface area contributed by atoms with Gasteiger partial charge in [-0.1, -0.05) is 0 Å². The van der Waals surface area contributed by atoms with Crippen LogP contribution in [-0.4, -0.2) is 12.1 Å². The minimum absolute atomic E-state index is 0.885. The van der Waals surface area contributed by atoms with Gasteiger partial charge in [0.05, 0.1) is 23.2 Å². The first-order chi connectivity index (χ1) is 6.81. The van der Waals surface area contributed by atoms with Crippen molar-refractivity contribution in [1.29, 1.82) is 0 Å². The van der Waals surface area contributed by atoms with Gasteiger partial charge in [-0.25, -0.2) is 4.98 Å². The molecule has 1 heterocycles. The summed E-state index contributed by atoms with van der Waals surface area (Å²) >= 11 is 1.66. The van der Waals surface area contributed by atoms with Gasteiger partial charge < -0.3 is 4.74 Å². The molecule has 0 radical (unpaired) electrons. The van der Waals surface area contributed by atoms with Crippen LogP contribution >= 0.6 is 11.3 Å². The van der Waals surface area contributed by atoms with Gasteiger partial charge in [-0.2, -0.15) is 0 Å². The maximum Gasteiger partial charge on any atom is 0.118 e. The fourth-order valence-electron chi connectivity index (χ4n) is 1.32. The second-order valence-corrected chi connectivity index (χ2v) is 3.85. The average molecular weight is 205 g/mol. The number of ether oxygens (including phenoxy) is 1. The van der Waals surface area contributed by atoms with Crippen LogP contribution in [0.3, 0.4) is 0 Å². The van der Waals surface area contributed by atoms with Crippen molar-refractivity contribution in [2.45, 2.75) is 6.92 Å². The van der Waals surface area contributed by atoms with Gasteiger partial charge in [0.1, 0.15) is 5.75 Å². The molecule has 2 nitrogen and oxygen atoms in total. The molecule has 0 saturated heterocycles. The van der Waals surface area contributed by atoms with Crippen molar-refractivity contribution in [2.75, 3.05) is 7.11 Å². The highest BCUT2D eigenvalue weighted by Crippen LogP contribution is 2.28. The van der Waals surface area contributed by atoms with E-state index in [4.69, 9.17) is 4.74 Å². The lowest BCUT2D eigenvalue weighted by molar-refractivity contribution is 0.415. The minimum Gasteiger partial charge on any atom is -0.497 e. The third-order valence-electron chi connectivity index (χ3n) is 2.10. The molecule has 0 N–H and O–H groups in total. The first kappa shape index (κ1) is 9.21. The van der Waals surface area contributed by atoms with E-state index >= 15 is 0 Å². The van der Waals surface area contributed by atoms with Crippen molar-refractivity contribution in [2.24, 2.45) is 0 Å². The number of nitrogens with zero attached hydrogens (tertiary/aromatic N) is 1. The van der Waals surface area contributed by atoms with E-state index in [0.717, 1.165) is 11.4 Å². The van der Waals surface area contributed by atoms with Crippen LogP contribution in [0.5, 0.6) is 5.75 Å². The highest BCUT2D eigenvalue weighted by molar-refractivity contribution is 7.13. The van der Waals surface area contributed by atoms with Crippen LogP contribution in [0, 0.1) is 6.92 Å². The molecule has 0 bridgehead atoms. The van der Waals surface area contributed by atoms with E-state index in [9.17, 15) is 0 Å². The second kappa shape index (κ2) is 3.80. The molecule has 2 aromatic rings.